The summed E-state index contributed by atoms with van der Waals surface area (Å²) in [5.74, 6) is -5.59. The van der Waals surface area contributed by atoms with Crippen molar-refractivity contribution in [3.05, 3.63) is 64.7 Å². The summed E-state index contributed by atoms with van der Waals surface area (Å²) in [5.41, 5.74) is -1.84. The number of esters is 2. The van der Waals surface area contributed by atoms with Crippen LogP contribution in [0.1, 0.15) is 33.2 Å². The molecule has 4 amide bonds. The van der Waals surface area contributed by atoms with E-state index in [1.54, 1.807) is 0 Å². The third-order valence-corrected chi connectivity index (χ3v) is 5.13. The molecule has 1 atom stereocenters. The molecule has 1 aliphatic heterocycles. The van der Waals surface area contributed by atoms with Gasteiger partial charge in [0.05, 0.1) is 25.3 Å². The Hall–Kier alpha value is -4.35. The molecule has 1 fully saturated rings. The zero-order valence-corrected chi connectivity index (χ0v) is 18.2. The number of carbonyl (C=O) groups excluding carboxylic acids is 5. The highest BCUT2D eigenvalue weighted by molar-refractivity contribution is 6.10. The maximum absolute atomic E-state index is 13.7. The van der Waals surface area contributed by atoms with Gasteiger partial charge in [-0.15, -0.1) is 0 Å². The molecular formula is C22H19F2N3O7. The molecule has 1 aliphatic rings. The van der Waals surface area contributed by atoms with Gasteiger partial charge in [0.2, 0.25) is 5.91 Å². The first-order valence-electron chi connectivity index (χ1n) is 9.71. The Labute approximate surface area is 191 Å². The van der Waals surface area contributed by atoms with E-state index in [1.807, 2.05) is 0 Å². The van der Waals surface area contributed by atoms with Gasteiger partial charge in [-0.3, -0.25) is 14.5 Å². The number of rotatable bonds is 6. The molecular weight excluding hydrogens is 456 g/mol. The van der Waals surface area contributed by atoms with Crippen molar-refractivity contribution in [2.45, 2.75) is 12.5 Å². The van der Waals surface area contributed by atoms with Crippen LogP contribution in [0.2, 0.25) is 0 Å². The quantitative estimate of drug-likeness (QED) is 0.482. The monoisotopic (exact) mass is 475 g/mol. The van der Waals surface area contributed by atoms with Crippen molar-refractivity contribution < 1.29 is 42.2 Å². The Balaban J connectivity index is 1.81. The number of imide groups is 1. The number of halogens is 2. The molecule has 178 valence electrons. The zero-order valence-electron chi connectivity index (χ0n) is 18.2. The Morgan fingerprint density at radius 2 is 1.56 bits per heavy atom. The van der Waals surface area contributed by atoms with Crippen molar-refractivity contribution in [1.29, 1.82) is 0 Å². The van der Waals surface area contributed by atoms with E-state index in [-0.39, 0.29) is 22.4 Å². The minimum absolute atomic E-state index is 0.00345. The van der Waals surface area contributed by atoms with E-state index in [4.69, 9.17) is 0 Å². The van der Waals surface area contributed by atoms with Crippen molar-refractivity contribution >= 4 is 35.5 Å². The second-order valence-corrected chi connectivity index (χ2v) is 7.41. The van der Waals surface area contributed by atoms with Gasteiger partial charge in [0.15, 0.2) is 11.6 Å². The molecule has 0 bridgehead atoms. The van der Waals surface area contributed by atoms with Crippen LogP contribution < -0.4 is 10.6 Å². The molecule has 2 aromatic rings. The molecule has 34 heavy (non-hydrogen) atoms. The largest absolute Gasteiger partial charge is 0.465 e. The normalized spacial score (nSPS) is 17.3. The predicted octanol–water partition coefficient (Wildman–Crippen LogP) is 1.94. The Kier molecular flexibility index (Phi) is 6.61. The lowest BCUT2D eigenvalue weighted by Crippen LogP contribution is -2.42. The van der Waals surface area contributed by atoms with Crippen LogP contribution in [0.3, 0.4) is 0 Å². The lowest BCUT2D eigenvalue weighted by Gasteiger charge is -2.22. The van der Waals surface area contributed by atoms with Crippen LogP contribution >= 0.6 is 0 Å². The molecule has 10 nitrogen and oxygen atoms in total. The lowest BCUT2D eigenvalue weighted by atomic mass is 9.92. The predicted molar refractivity (Wildman–Crippen MR) is 112 cm³/mol. The number of hydrogen-bond acceptors (Lipinski definition) is 7. The number of amides is 4. The molecule has 0 saturated carbocycles. The molecule has 12 heteroatoms. The first kappa shape index (κ1) is 24.3. The number of ether oxygens (including phenoxy) is 2. The summed E-state index contributed by atoms with van der Waals surface area (Å²) < 4.78 is 36.2. The van der Waals surface area contributed by atoms with Crippen molar-refractivity contribution in [2.24, 2.45) is 0 Å². The number of anilines is 1. The molecule has 3 rings (SSSR count). The Bertz CT molecular complexity index is 1180. The summed E-state index contributed by atoms with van der Waals surface area (Å²) in [6, 6.07) is 5.49. The summed E-state index contributed by atoms with van der Waals surface area (Å²) in [5, 5.41) is 4.77. The number of hydrogen-bond donors (Lipinski definition) is 2. The first-order chi connectivity index (χ1) is 16.0. The van der Waals surface area contributed by atoms with Crippen LogP contribution in [0, 0.1) is 11.6 Å². The van der Waals surface area contributed by atoms with E-state index < -0.39 is 53.5 Å². The standard InChI is InChI=1S/C22H19F2N3O7/c1-22(13-4-5-15(23)16(24)9-13)20(31)27(21(32)26-22)10-17(28)25-14-7-11(18(29)33-2)6-12(8-14)19(30)34-3/h4-9H,10H2,1-3H3,(H,25,28)(H,26,32). The summed E-state index contributed by atoms with van der Waals surface area (Å²) in [7, 11) is 2.26. The number of benzene rings is 2. The van der Waals surface area contributed by atoms with E-state index in [0.717, 1.165) is 32.4 Å². The number of urea groups is 1. The van der Waals surface area contributed by atoms with Crippen LogP contribution in [0.4, 0.5) is 19.3 Å². The second-order valence-electron chi connectivity index (χ2n) is 7.41. The number of carbonyl (C=O) groups is 5. The van der Waals surface area contributed by atoms with Gasteiger partial charge in [-0.25, -0.2) is 23.2 Å². The van der Waals surface area contributed by atoms with Gasteiger partial charge in [-0.1, -0.05) is 6.07 Å². The van der Waals surface area contributed by atoms with Crippen molar-refractivity contribution in [3.63, 3.8) is 0 Å². The van der Waals surface area contributed by atoms with E-state index in [1.165, 1.54) is 25.1 Å². The number of methoxy groups -OCH3 is 2. The van der Waals surface area contributed by atoms with Gasteiger partial charge in [-0.2, -0.15) is 0 Å². The van der Waals surface area contributed by atoms with Crippen molar-refractivity contribution in [2.75, 3.05) is 26.1 Å². The average Bonchev–Trinajstić information content (AvgIpc) is 3.03. The zero-order chi connectivity index (χ0) is 25.2. The van der Waals surface area contributed by atoms with Crippen molar-refractivity contribution in [3.8, 4) is 0 Å². The Morgan fingerprint density at radius 3 is 2.09 bits per heavy atom. The minimum Gasteiger partial charge on any atom is -0.465 e. The summed E-state index contributed by atoms with van der Waals surface area (Å²) in [6.45, 7) is 0.556. The smallest absolute Gasteiger partial charge is 0.337 e. The second kappa shape index (κ2) is 9.25. The molecule has 0 radical (unpaired) electrons. The number of nitrogens with zero attached hydrogens (tertiary/aromatic N) is 1. The van der Waals surface area contributed by atoms with E-state index in [2.05, 4.69) is 20.1 Å². The van der Waals surface area contributed by atoms with E-state index in [9.17, 15) is 32.8 Å². The third-order valence-electron chi connectivity index (χ3n) is 5.13. The van der Waals surface area contributed by atoms with Gasteiger partial charge >= 0.3 is 18.0 Å². The van der Waals surface area contributed by atoms with Gasteiger partial charge in [0.25, 0.3) is 5.91 Å². The average molecular weight is 475 g/mol. The topological polar surface area (TPSA) is 131 Å². The molecule has 2 aromatic carbocycles. The molecule has 1 heterocycles. The Morgan fingerprint density at radius 1 is 0.971 bits per heavy atom. The van der Waals surface area contributed by atoms with Gasteiger partial charge in [0.1, 0.15) is 12.1 Å². The fourth-order valence-corrected chi connectivity index (χ4v) is 3.36. The molecule has 0 aliphatic carbocycles. The lowest BCUT2D eigenvalue weighted by molar-refractivity contribution is -0.133. The summed E-state index contributed by atoms with van der Waals surface area (Å²) >= 11 is 0. The summed E-state index contributed by atoms with van der Waals surface area (Å²) in [6.07, 6.45) is 0. The van der Waals surface area contributed by atoms with Crippen LogP contribution in [0.25, 0.3) is 0 Å². The highest BCUT2D eigenvalue weighted by atomic mass is 19.2. The fourth-order valence-electron chi connectivity index (χ4n) is 3.36. The van der Waals surface area contributed by atoms with Gasteiger partial charge in [-0.05, 0) is 42.8 Å². The molecule has 1 saturated heterocycles. The summed E-state index contributed by atoms with van der Waals surface area (Å²) in [4.78, 5) is 62.3. The highest BCUT2D eigenvalue weighted by Crippen LogP contribution is 2.29. The first-order valence-corrected chi connectivity index (χ1v) is 9.71. The van der Waals surface area contributed by atoms with Crippen LogP contribution in [-0.4, -0.2) is 55.4 Å². The maximum atomic E-state index is 13.7. The van der Waals surface area contributed by atoms with Crippen molar-refractivity contribution in [1.82, 2.24) is 10.2 Å². The van der Waals surface area contributed by atoms with E-state index >= 15 is 0 Å². The third kappa shape index (κ3) is 4.56. The minimum atomic E-state index is -1.73. The number of nitrogens with one attached hydrogen (secondary N) is 2. The molecule has 1 unspecified atom stereocenters. The van der Waals surface area contributed by atoms with Crippen LogP contribution in [0.15, 0.2) is 36.4 Å². The SMILES string of the molecule is COC(=O)c1cc(NC(=O)CN2C(=O)NC(C)(c3ccc(F)c(F)c3)C2=O)cc(C(=O)OC)c1. The highest BCUT2D eigenvalue weighted by Gasteiger charge is 2.49. The van der Waals surface area contributed by atoms with Crippen LogP contribution in [0.5, 0.6) is 0 Å². The maximum Gasteiger partial charge on any atom is 0.337 e. The molecule has 2 N–H and O–H groups in total. The van der Waals surface area contributed by atoms with Crippen LogP contribution in [-0.2, 0) is 24.6 Å². The van der Waals surface area contributed by atoms with Gasteiger partial charge < -0.3 is 20.1 Å². The molecule has 0 aromatic heterocycles. The van der Waals surface area contributed by atoms with E-state index in [0.29, 0.717) is 4.90 Å². The fraction of sp³-hybridized carbons (Fsp3) is 0.227. The van der Waals surface area contributed by atoms with Gasteiger partial charge in [0, 0.05) is 5.69 Å². The molecule has 0 spiro atoms.